The standard InChI is InChI=1S/C12H15BrO4/c1-12(2,11(14)15)7-5-8(16-3)10(13)9(6-7)17-4/h5-6H,1-4H3,(H,14,15). The molecule has 0 saturated carbocycles. The summed E-state index contributed by atoms with van der Waals surface area (Å²) in [6.07, 6.45) is 0. The van der Waals surface area contributed by atoms with E-state index in [-0.39, 0.29) is 0 Å². The van der Waals surface area contributed by atoms with Crippen molar-refractivity contribution in [2.24, 2.45) is 0 Å². The fourth-order valence-electron chi connectivity index (χ4n) is 1.35. The van der Waals surface area contributed by atoms with E-state index in [1.165, 1.54) is 14.2 Å². The molecule has 0 spiro atoms. The predicted octanol–water partition coefficient (Wildman–Crippen LogP) is 2.83. The van der Waals surface area contributed by atoms with E-state index >= 15 is 0 Å². The van der Waals surface area contributed by atoms with Gasteiger partial charge < -0.3 is 14.6 Å². The lowest BCUT2D eigenvalue weighted by atomic mass is 9.84. The van der Waals surface area contributed by atoms with Crippen molar-refractivity contribution >= 4 is 21.9 Å². The van der Waals surface area contributed by atoms with Crippen molar-refractivity contribution < 1.29 is 19.4 Å². The van der Waals surface area contributed by atoms with Crippen LogP contribution in [0.25, 0.3) is 0 Å². The second-order valence-corrected chi connectivity index (χ2v) is 4.92. The van der Waals surface area contributed by atoms with E-state index in [1.54, 1.807) is 26.0 Å². The number of carboxylic acid groups (broad SMARTS) is 1. The van der Waals surface area contributed by atoms with Gasteiger partial charge in [-0.05, 0) is 47.5 Å². The molecule has 0 fully saturated rings. The topological polar surface area (TPSA) is 55.8 Å². The smallest absolute Gasteiger partial charge is 0.313 e. The Kier molecular flexibility index (Phi) is 4.03. The molecule has 0 radical (unpaired) electrons. The molecule has 0 atom stereocenters. The molecule has 0 aromatic heterocycles. The molecule has 0 aliphatic heterocycles. The molecule has 1 aromatic carbocycles. The van der Waals surface area contributed by atoms with E-state index in [0.717, 1.165) is 0 Å². The molecule has 1 N–H and O–H groups in total. The maximum Gasteiger partial charge on any atom is 0.313 e. The van der Waals surface area contributed by atoms with Crippen molar-refractivity contribution in [2.75, 3.05) is 14.2 Å². The molecule has 5 heteroatoms. The molecule has 0 aliphatic rings. The number of hydrogen-bond donors (Lipinski definition) is 1. The molecule has 0 heterocycles. The van der Waals surface area contributed by atoms with Gasteiger partial charge >= 0.3 is 5.97 Å². The third kappa shape index (κ3) is 2.54. The van der Waals surface area contributed by atoms with Crippen LogP contribution in [-0.4, -0.2) is 25.3 Å². The van der Waals surface area contributed by atoms with Crippen LogP contribution in [0.2, 0.25) is 0 Å². The van der Waals surface area contributed by atoms with Gasteiger partial charge in [0.15, 0.2) is 0 Å². The Bertz CT molecular complexity index is 415. The summed E-state index contributed by atoms with van der Waals surface area (Å²) in [5.41, 5.74) is -0.372. The number of carbonyl (C=O) groups is 1. The molecule has 17 heavy (non-hydrogen) atoms. The Morgan fingerprint density at radius 2 is 1.65 bits per heavy atom. The van der Waals surface area contributed by atoms with Gasteiger partial charge in [-0.3, -0.25) is 4.79 Å². The fraction of sp³-hybridized carbons (Fsp3) is 0.417. The number of aliphatic carboxylic acids is 1. The Balaban J connectivity index is 3.41. The van der Waals surface area contributed by atoms with E-state index in [0.29, 0.717) is 21.5 Å². The first-order valence-corrected chi connectivity index (χ1v) is 5.79. The average Bonchev–Trinajstić information content (AvgIpc) is 2.28. The van der Waals surface area contributed by atoms with Gasteiger partial charge in [-0.2, -0.15) is 0 Å². The van der Waals surface area contributed by atoms with Gasteiger partial charge in [0.05, 0.1) is 19.6 Å². The highest BCUT2D eigenvalue weighted by Gasteiger charge is 2.31. The van der Waals surface area contributed by atoms with Crippen LogP contribution in [0.3, 0.4) is 0 Å². The van der Waals surface area contributed by atoms with Crippen LogP contribution in [0.5, 0.6) is 11.5 Å². The molecule has 0 unspecified atom stereocenters. The first-order valence-electron chi connectivity index (χ1n) is 5.00. The van der Waals surface area contributed by atoms with Crippen LogP contribution in [-0.2, 0) is 10.2 Å². The van der Waals surface area contributed by atoms with Crippen LogP contribution < -0.4 is 9.47 Å². The molecule has 0 bridgehead atoms. The van der Waals surface area contributed by atoms with Crippen molar-refractivity contribution in [3.8, 4) is 11.5 Å². The highest BCUT2D eigenvalue weighted by atomic mass is 79.9. The zero-order valence-electron chi connectivity index (χ0n) is 10.2. The van der Waals surface area contributed by atoms with Crippen LogP contribution in [0.15, 0.2) is 16.6 Å². The van der Waals surface area contributed by atoms with E-state index in [1.807, 2.05) is 0 Å². The van der Waals surface area contributed by atoms with Crippen LogP contribution in [0.4, 0.5) is 0 Å². The van der Waals surface area contributed by atoms with Gasteiger partial charge in [0.2, 0.25) is 0 Å². The summed E-state index contributed by atoms with van der Waals surface area (Å²) >= 11 is 3.34. The highest BCUT2D eigenvalue weighted by molar-refractivity contribution is 9.10. The van der Waals surface area contributed by atoms with Gasteiger partial charge in [0.25, 0.3) is 0 Å². The van der Waals surface area contributed by atoms with Crippen LogP contribution in [0, 0.1) is 0 Å². The maximum atomic E-state index is 11.2. The number of benzene rings is 1. The number of rotatable bonds is 4. The Morgan fingerprint density at radius 1 is 1.24 bits per heavy atom. The molecule has 1 aromatic rings. The third-order valence-electron chi connectivity index (χ3n) is 2.70. The minimum absolute atomic E-state index is 0.550. The van der Waals surface area contributed by atoms with Crippen LogP contribution in [0.1, 0.15) is 19.4 Å². The lowest BCUT2D eigenvalue weighted by molar-refractivity contribution is -0.142. The van der Waals surface area contributed by atoms with Gasteiger partial charge in [0.1, 0.15) is 16.0 Å². The molecule has 94 valence electrons. The number of ether oxygens (including phenoxy) is 2. The maximum absolute atomic E-state index is 11.2. The molecule has 0 amide bonds. The lowest BCUT2D eigenvalue weighted by Gasteiger charge is -2.22. The zero-order chi connectivity index (χ0) is 13.2. The van der Waals surface area contributed by atoms with Crippen molar-refractivity contribution in [3.63, 3.8) is 0 Å². The number of methoxy groups -OCH3 is 2. The molecular weight excluding hydrogens is 288 g/mol. The van der Waals surface area contributed by atoms with Crippen LogP contribution >= 0.6 is 15.9 Å². The summed E-state index contributed by atoms with van der Waals surface area (Å²) in [5, 5.41) is 9.20. The number of carboxylic acids is 1. The molecule has 1 rings (SSSR count). The normalized spacial score (nSPS) is 11.1. The summed E-state index contributed by atoms with van der Waals surface area (Å²) in [5.74, 6) is 0.200. The van der Waals surface area contributed by atoms with E-state index in [9.17, 15) is 9.90 Å². The third-order valence-corrected chi connectivity index (χ3v) is 3.48. The lowest BCUT2D eigenvalue weighted by Crippen LogP contribution is -2.28. The Labute approximate surface area is 109 Å². The predicted molar refractivity (Wildman–Crippen MR) is 67.9 cm³/mol. The van der Waals surface area contributed by atoms with Crippen molar-refractivity contribution in [2.45, 2.75) is 19.3 Å². The summed E-state index contributed by atoms with van der Waals surface area (Å²) in [7, 11) is 3.05. The molecule has 0 saturated heterocycles. The summed E-state index contributed by atoms with van der Waals surface area (Å²) < 4.78 is 11.0. The van der Waals surface area contributed by atoms with E-state index in [2.05, 4.69) is 15.9 Å². The highest BCUT2D eigenvalue weighted by Crippen LogP contribution is 2.39. The van der Waals surface area contributed by atoms with Crippen molar-refractivity contribution in [3.05, 3.63) is 22.2 Å². The first kappa shape index (κ1) is 13.8. The molecular formula is C12H15BrO4. The van der Waals surface area contributed by atoms with Crippen molar-refractivity contribution in [1.82, 2.24) is 0 Å². The van der Waals surface area contributed by atoms with Gasteiger partial charge in [-0.15, -0.1) is 0 Å². The van der Waals surface area contributed by atoms with E-state index < -0.39 is 11.4 Å². The quantitative estimate of drug-likeness (QED) is 0.929. The minimum atomic E-state index is -0.999. The summed E-state index contributed by atoms with van der Waals surface area (Å²) in [4.78, 5) is 11.2. The fourth-order valence-corrected chi connectivity index (χ4v) is 1.91. The second-order valence-electron chi connectivity index (χ2n) is 4.12. The average molecular weight is 303 g/mol. The Morgan fingerprint density at radius 3 is 1.94 bits per heavy atom. The number of hydrogen-bond acceptors (Lipinski definition) is 3. The van der Waals surface area contributed by atoms with E-state index in [4.69, 9.17) is 9.47 Å². The van der Waals surface area contributed by atoms with Gasteiger partial charge in [0, 0.05) is 0 Å². The van der Waals surface area contributed by atoms with Gasteiger partial charge in [-0.1, -0.05) is 0 Å². The largest absolute Gasteiger partial charge is 0.495 e. The summed E-state index contributed by atoms with van der Waals surface area (Å²) in [6.45, 7) is 3.27. The Hall–Kier alpha value is -1.23. The van der Waals surface area contributed by atoms with Crippen molar-refractivity contribution in [1.29, 1.82) is 0 Å². The minimum Gasteiger partial charge on any atom is -0.495 e. The van der Waals surface area contributed by atoms with Gasteiger partial charge in [-0.25, -0.2) is 0 Å². The summed E-state index contributed by atoms with van der Waals surface area (Å²) in [6, 6.07) is 3.39. The molecule has 4 nitrogen and oxygen atoms in total. The first-order chi connectivity index (χ1) is 7.84. The number of halogens is 1. The second kappa shape index (κ2) is 4.96. The monoisotopic (exact) mass is 302 g/mol. The molecule has 0 aliphatic carbocycles. The zero-order valence-corrected chi connectivity index (χ0v) is 11.8. The SMILES string of the molecule is COc1cc(C(C)(C)C(=O)O)cc(OC)c1Br.